The highest BCUT2D eigenvalue weighted by atomic mass is 16.5. The Labute approximate surface area is 146 Å². The van der Waals surface area contributed by atoms with Crippen molar-refractivity contribution in [1.82, 2.24) is 25.2 Å². The third kappa shape index (κ3) is 3.02. The molecule has 3 aliphatic rings. The molecule has 0 radical (unpaired) electrons. The Morgan fingerprint density at radius 3 is 2.88 bits per heavy atom. The molecule has 3 saturated heterocycles. The number of carbonyl (C=O) groups excluding carboxylic acids is 1. The number of fused-ring (bicyclic) bond motifs is 4. The summed E-state index contributed by atoms with van der Waals surface area (Å²) in [6, 6.07) is 1.83. The summed E-state index contributed by atoms with van der Waals surface area (Å²) in [7, 11) is 0. The summed E-state index contributed by atoms with van der Waals surface area (Å²) < 4.78 is 5.29. The maximum atomic E-state index is 12.8. The Kier molecular flexibility index (Phi) is 3.99. The van der Waals surface area contributed by atoms with Crippen LogP contribution >= 0.6 is 0 Å². The Hall–Kier alpha value is -2.35. The van der Waals surface area contributed by atoms with Crippen LogP contribution in [0.25, 0.3) is 0 Å². The molecule has 2 aromatic heterocycles. The average molecular weight is 344 g/mol. The standard InChI is InChI=1S/C17H24N6O2/c1-10-14(11(2)25-21-10)9-22-6-12-3-4-13(8-22)23(7-12)17(24)15-5-16(18)20-19-15/h5,12-13H,3-4,6-9H2,1-2H3,(H3,18,19,20)/t12-,13+/m1/s1. The number of aromatic amines is 1. The summed E-state index contributed by atoms with van der Waals surface area (Å²) in [5, 5.41) is 10.7. The molecule has 3 fully saturated rings. The van der Waals surface area contributed by atoms with Crippen LogP contribution in [0.3, 0.4) is 0 Å². The number of nitrogens with two attached hydrogens (primary N) is 1. The van der Waals surface area contributed by atoms with Gasteiger partial charge in [-0.15, -0.1) is 0 Å². The molecular formula is C17H24N6O2. The first kappa shape index (κ1) is 16.1. The van der Waals surface area contributed by atoms with E-state index in [1.165, 1.54) is 5.56 Å². The van der Waals surface area contributed by atoms with Crippen molar-refractivity contribution < 1.29 is 9.32 Å². The molecule has 0 spiro atoms. The monoisotopic (exact) mass is 344 g/mol. The number of hydrogen-bond acceptors (Lipinski definition) is 6. The normalized spacial score (nSPS) is 23.8. The molecule has 0 saturated carbocycles. The Morgan fingerprint density at radius 1 is 1.36 bits per heavy atom. The van der Waals surface area contributed by atoms with Gasteiger partial charge in [0, 0.05) is 43.9 Å². The van der Waals surface area contributed by atoms with Crippen molar-refractivity contribution in [3.8, 4) is 0 Å². The number of piperidine rings is 1. The minimum absolute atomic E-state index is 0.00177. The minimum atomic E-state index is -0.00177. The minimum Gasteiger partial charge on any atom is -0.382 e. The van der Waals surface area contributed by atoms with Crippen LogP contribution in [0.2, 0.25) is 0 Å². The summed E-state index contributed by atoms with van der Waals surface area (Å²) in [4.78, 5) is 17.3. The number of anilines is 1. The largest absolute Gasteiger partial charge is 0.382 e. The predicted octanol–water partition coefficient (Wildman–Crippen LogP) is 1.33. The van der Waals surface area contributed by atoms with E-state index in [0.717, 1.165) is 50.5 Å². The van der Waals surface area contributed by atoms with Crippen LogP contribution in [-0.2, 0) is 6.54 Å². The van der Waals surface area contributed by atoms with Gasteiger partial charge in [0.1, 0.15) is 17.3 Å². The van der Waals surface area contributed by atoms with Gasteiger partial charge >= 0.3 is 0 Å². The number of aryl methyl sites for hydroxylation is 2. The van der Waals surface area contributed by atoms with E-state index in [1.807, 2.05) is 18.7 Å². The van der Waals surface area contributed by atoms with Gasteiger partial charge in [-0.25, -0.2) is 0 Å². The molecule has 0 aromatic carbocycles. The first-order valence-electron chi connectivity index (χ1n) is 8.77. The smallest absolute Gasteiger partial charge is 0.272 e. The number of nitrogen functional groups attached to an aromatic ring is 1. The van der Waals surface area contributed by atoms with Crippen molar-refractivity contribution in [2.24, 2.45) is 5.92 Å². The van der Waals surface area contributed by atoms with Crippen LogP contribution in [0.5, 0.6) is 0 Å². The Bertz CT molecular complexity index is 762. The third-order valence-corrected chi connectivity index (χ3v) is 5.44. The van der Waals surface area contributed by atoms with Crippen LogP contribution < -0.4 is 5.73 Å². The van der Waals surface area contributed by atoms with Crippen molar-refractivity contribution in [2.45, 2.75) is 39.3 Å². The highest BCUT2D eigenvalue weighted by Gasteiger charge is 2.38. The summed E-state index contributed by atoms with van der Waals surface area (Å²) >= 11 is 0. The second-order valence-electron chi connectivity index (χ2n) is 7.26. The molecule has 0 unspecified atom stereocenters. The number of carbonyl (C=O) groups is 1. The second-order valence-corrected chi connectivity index (χ2v) is 7.26. The summed E-state index contributed by atoms with van der Waals surface area (Å²) in [5.74, 6) is 1.72. The first-order chi connectivity index (χ1) is 12.0. The van der Waals surface area contributed by atoms with Crippen molar-refractivity contribution in [3.05, 3.63) is 28.8 Å². The molecule has 8 nitrogen and oxygen atoms in total. The highest BCUT2D eigenvalue weighted by molar-refractivity contribution is 5.93. The molecule has 2 atom stereocenters. The lowest BCUT2D eigenvalue weighted by Gasteiger charge is -2.35. The number of amides is 1. The molecule has 8 heteroatoms. The lowest BCUT2D eigenvalue weighted by molar-refractivity contribution is 0.0578. The van der Waals surface area contributed by atoms with E-state index in [2.05, 4.69) is 20.3 Å². The zero-order valence-corrected chi connectivity index (χ0v) is 14.7. The van der Waals surface area contributed by atoms with E-state index >= 15 is 0 Å². The van der Waals surface area contributed by atoms with E-state index in [9.17, 15) is 4.79 Å². The second kappa shape index (κ2) is 6.18. The summed E-state index contributed by atoms with van der Waals surface area (Å²) in [6.45, 7) is 7.43. The Balaban J connectivity index is 1.51. The van der Waals surface area contributed by atoms with Gasteiger partial charge in [-0.05, 0) is 32.6 Å². The number of aromatic nitrogens is 3. The fraction of sp³-hybridized carbons (Fsp3) is 0.588. The first-order valence-corrected chi connectivity index (χ1v) is 8.77. The van der Waals surface area contributed by atoms with Crippen molar-refractivity contribution in [3.63, 3.8) is 0 Å². The average Bonchev–Trinajstić information content (AvgIpc) is 3.02. The highest BCUT2D eigenvalue weighted by Crippen LogP contribution is 2.30. The van der Waals surface area contributed by atoms with Gasteiger partial charge in [0.05, 0.1) is 5.69 Å². The fourth-order valence-electron chi connectivity index (χ4n) is 4.11. The van der Waals surface area contributed by atoms with Crippen LogP contribution in [0.1, 0.15) is 40.3 Å². The Morgan fingerprint density at radius 2 is 2.20 bits per heavy atom. The molecule has 0 aliphatic carbocycles. The van der Waals surface area contributed by atoms with Crippen molar-refractivity contribution in [2.75, 3.05) is 25.4 Å². The molecular weight excluding hydrogens is 320 g/mol. The molecule has 5 heterocycles. The van der Waals surface area contributed by atoms with Gasteiger partial charge in [-0.1, -0.05) is 5.16 Å². The number of H-pyrrole nitrogens is 1. The zero-order valence-electron chi connectivity index (χ0n) is 14.7. The van der Waals surface area contributed by atoms with E-state index in [0.29, 0.717) is 17.4 Å². The molecule has 25 heavy (non-hydrogen) atoms. The maximum absolute atomic E-state index is 12.8. The van der Waals surface area contributed by atoms with E-state index in [4.69, 9.17) is 10.3 Å². The molecule has 5 rings (SSSR count). The third-order valence-electron chi connectivity index (χ3n) is 5.44. The van der Waals surface area contributed by atoms with Gasteiger partial charge in [-0.3, -0.25) is 14.8 Å². The molecule has 2 bridgehead atoms. The predicted molar refractivity (Wildman–Crippen MR) is 91.8 cm³/mol. The van der Waals surface area contributed by atoms with Gasteiger partial charge in [0.2, 0.25) is 0 Å². The van der Waals surface area contributed by atoms with Crippen LogP contribution in [0.15, 0.2) is 10.6 Å². The van der Waals surface area contributed by atoms with Crippen LogP contribution in [-0.4, -0.2) is 56.7 Å². The number of rotatable bonds is 3. The van der Waals surface area contributed by atoms with Gasteiger partial charge in [-0.2, -0.15) is 5.10 Å². The topological polar surface area (TPSA) is 104 Å². The van der Waals surface area contributed by atoms with E-state index < -0.39 is 0 Å². The number of hydrogen-bond donors (Lipinski definition) is 2. The van der Waals surface area contributed by atoms with Gasteiger partial charge < -0.3 is 15.2 Å². The zero-order chi connectivity index (χ0) is 17.6. The molecule has 3 aliphatic heterocycles. The SMILES string of the molecule is Cc1noc(C)c1CN1C[C@H]2CC[C@@H](C1)N(C(=O)c1cc(N)n[nH]1)C2. The van der Waals surface area contributed by atoms with Crippen LogP contribution in [0.4, 0.5) is 5.82 Å². The lowest BCUT2D eigenvalue weighted by atomic mass is 9.94. The van der Waals surface area contributed by atoms with E-state index in [-0.39, 0.29) is 11.9 Å². The molecule has 1 amide bonds. The molecule has 3 N–H and O–H groups in total. The van der Waals surface area contributed by atoms with Gasteiger partial charge in [0.15, 0.2) is 0 Å². The van der Waals surface area contributed by atoms with Crippen molar-refractivity contribution in [1.29, 1.82) is 0 Å². The molecule has 134 valence electrons. The number of nitrogens with one attached hydrogen (secondary N) is 1. The van der Waals surface area contributed by atoms with Crippen LogP contribution in [0, 0.1) is 19.8 Å². The van der Waals surface area contributed by atoms with Gasteiger partial charge in [0.25, 0.3) is 5.91 Å². The maximum Gasteiger partial charge on any atom is 0.272 e. The fourth-order valence-corrected chi connectivity index (χ4v) is 4.11. The molecule has 2 aromatic rings. The summed E-state index contributed by atoms with van der Waals surface area (Å²) in [6.07, 6.45) is 2.20. The quantitative estimate of drug-likeness (QED) is 0.870. The lowest BCUT2D eigenvalue weighted by Crippen LogP contribution is -2.47. The van der Waals surface area contributed by atoms with E-state index in [1.54, 1.807) is 6.07 Å². The number of nitrogens with zero attached hydrogens (tertiary/aromatic N) is 4. The van der Waals surface area contributed by atoms with Crippen molar-refractivity contribution >= 4 is 11.7 Å². The summed E-state index contributed by atoms with van der Waals surface area (Å²) in [5.41, 5.74) is 8.24.